The lowest BCUT2D eigenvalue weighted by atomic mass is 10.4. The van der Waals surface area contributed by atoms with Crippen LogP contribution in [0.3, 0.4) is 0 Å². The Morgan fingerprint density at radius 1 is 1.37 bits per heavy atom. The van der Waals surface area contributed by atoms with E-state index in [1.165, 1.54) is 18.3 Å². The summed E-state index contributed by atoms with van der Waals surface area (Å²) in [6.07, 6.45) is 1.41. The fourth-order valence-corrected chi connectivity index (χ4v) is 1.09. The predicted molar refractivity (Wildman–Crippen MR) is 72.8 cm³/mol. The smallest absolute Gasteiger partial charge is 0.293 e. The highest BCUT2D eigenvalue weighted by molar-refractivity contribution is 6.76. The van der Waals surface area contributed by atoms with Crippen LogP contribution in [0.5, 0.6) is 0 Å². The Hall–Kier alpha value is -1.24. The number of carbonyl (C=O) groups is 2. The minimum atomic E-state index is -2.21. The second-order valence-corrected chi connectivity index (χ2v) is 5.86. The van der Waals surface area contributed by atoms with Crippen molar-refractivity contribution < 1.29 is 14.0 Å². The number of nitrogens with one attached hydrogen (secondary N) is 1. The zero-order chi connectivity index (χ0) is 14.6. The third-order valence-electron chi connectivity index (χ3n) is 1.75. The molecule has 1 aromatic rings. The van der Waals surface area contributed by atoms with Crippen LogP contribution >= 0.6 is 34.8 Å². The van der Waals surface area contributed by atoms with E-state index in [4.69, 9.17) is 39.2 Å². The lowest BCUT2D eigenvalue weighted by Gasteiger charge is -2.08. The van der Waals surface area contributed by atoms with Gasteiger partial charge in [0.05, 0.1) is 6.21 Å². The highest BCUT2D eigenvalue weighted by atomic mass is 35.6. The van der Waals surface area contributed by atoms with E-state index in [0.29, 0.717) is 5.76 Å². The Balaban J connectivity index is 2.72. The standard InChI is InChI=1S/C10H10Cl3N3O3/c1-16(2)14-5-6-3-4-7(19-6)8(17)15-9(18)10(11,12)13/h3-5H,1-2H3,(H,15,17,18)/b14-5-. The number of amides is 2. The van der Waals surface area contributed by atoms with Crippen LogP contribution in [0.15, 0.2) is 21.7 Å². The van der Waals surface area contributed by atoms with E-state index in [2.05, 4.69) is 5.10 Å². The maximum atomic E-state index is 11.6. The molecule has 0 spiro atoms. The SMILES string of the molecule is CN(C)/N=C\c1ccc(C(=O)NC(=O)C(Cl)(Cl)Cl)o1. The van der Waals surface area contributed by atoms with E-state index in [-0.39, 0.29) is 5.76 Å². The molecule has 0 aliphatic carbocycles. The van der Waals surface area contributed by atoms with Crippen LogP contribution in [0.2, 0.25) is 0 Å². The number of halogens is 3. The number of imide groups is 1. The van der Waals surface area contributed by atoms with Gasteiger partial charge in [-0.3, -0.25) is 14.9 Å². The molecule has 0 saturated heterocycles. The van der Waals surface area contributed by atoms with Gasteiger partial charge in [-0.2, -0.15) is 5.10 Å². The van der Waals surface area contributed by atoms with Gasteiger partial charge in [-0.05, 0) is 12.1 Å². The lowest BCUT2D eigenvalue weighted by molar-refractivity contribution is -0.119. The van der Waals surface area contributed by atoms with Crippen molar-refractivity contribution in [1.29, 1.82) is 0 Å². The van der Waals surface area contributed by atoms with E-state index < -0.39 is 15.6 Å². The highest BCUT2D eigenvalue weighted by Crippen LogP contribution is 2.25. The third kappa shape index (κ3) is 5.10. The number of hydrogen-bond acceptors (Lipinski definition) is 5. The highest BCUT2D eigenvalue weighted by Gasteiger charge is 2.32. The summed E-state index contributed by atoms with van der Waals surface area (Å²) in [7, 11) is 3.46. The minimum Gasteiger partial charge on any atom is -0.450 e. The number of furan rings is 1. The summed E-state index contributed by atoms with van der Waals surface area (Å²) < 4.78 is 2.93. The van der Waals surface area contributed by atoms with Crippen molar-refractivity contribution in [2.75, 3.05) is 14.1 Å². The average molecular weight is 327 g/mol. The molecule has 0 atom stereocenters. The Labute approximate surface area is 124 Å². The van der Waals surface area contributed by atoms with Gasteiger partial charge in [-0.1, -0.05) is 34.8 Å². The molecule has 1 N–H and O–H groups in total. The van der Waals surface area contributed by atoms with Crippen molar-refractivity contribution in [2.24, 2.45) is 5.10 Å². The van der Waals surface area contributed by atoms with Crippen LogP contribution in [-0.4, -0.2) is 40.9 Å². The van der Waals surface area contributed by atoms with Crippen molar-refractivity contribution in [3.05, 3.63) is 23.7 Å². The molecular weight excluding hydrogens is 316 g/mol. The minimum absolute atomic E-state index is 0.0946. The number of nitrogens with zero attached hydrogens (tertiary/aromatic N) is 2. The monoisotopic (exact) mass is 325 g/mol. The summed E-state index contributed by atoms with van der Waals surface area (Å²) in [6, 6.07) is 2.89. The number of rotatable bonds is 3. The van der Waals surface area contributed by atoms with Gasteiger partial charge in [0.15, 0.2) is 5.76 Å². The summed E-state index contributed by atoms with van der Waals surface area (Å²) in [4.78, 5) is 22.9. The molecule has 0 saturated carbocycles. The number of alkyl halides is 3. The van der Waals surface area contributed by atoms with Gasteiger partial charge in [0.25, 0.3) is 15.6 Å². The van der Waals surface area contributed by atoms with Gasteiger partial charge < -0.3 is 9.43 Å². The summed E-state index contributed by atoms with van der Waals surface area (Å²) in [5.41, 5.74) is 0. The molecule has 1 rings (SSSR count). The average Bonchev–Trinajstić information content (AvgIpc) is 2.73. The van der Waals surface area contributed by atoms with Crippen molar-refractivity contribution in [3.63, 3.8) is 0 Å². The summed E-state index contributed by atoms with van der Waals surface area (Å²) in [5.74, 6) is -1.61. The number of carbonyl (C=O) groups excluding carboxylic acids is 2. The Bertz CT molecular complexity index is 506. The first kappa shape index (κ1) is 15.8. The molecule has 0 radical (unpaired) electrons. The van der Waals surface area contributed by atoms with Gasteiger partial charge in [0.1, 0.15) is 5.76 Å². The molecule has 1 aromatic heterocycles. The second-order valence-electron chi connectivity index (χ2n) is 3.57. The van der Waals surface area contributed by atoms with Crippen molar-refractivity contribution in [3.8, 4) is 0 Å². The van der Waals surface area contributed by atoms with E-state index in [1.807, 2.05) is 5.32 Å². The second kappa shape index (κ2) is 6.27. The molecule has 1 heterocycles. The molecule has 0 unspecified atom stereocenters. The maximum Gasteiger partial charge on any atom is 0.293 e. The molecule has 19 heavy (non-hydrogen) atoms. The Morgan fingerprint density at radius 3 is 2.53 bits per heavy atom. The van der Waals surface area contributed by atoms with Crippen LogP contribution in [0.1, 0.15) is 16.3 Å². The largest absolute Gasteiger partial charge is 0.450 e. The number of hydrogen-bond donors (Lipinski definition) is 1. The molecule has 0 aliphatic heterocycles. The predicted octanol–water partition coefficient (Wildman–Crippen LogP) is 1.80. The van der Waals surface area contributed by atoms with Gasteiger partial charge in [-0.25, -0.2) is 0 Å². The first-order valence-electron chi connectivity index (χ1n) is 4.94. The molecule has 0 aromatic carbocycles. The Morgan fingerprint density at radius 2 is 2.00 bits per heavy atom. The summed E-state index contributed by atoms with van der Waals surface area (Å²) >= 11 is 15.9. The van der Waals surface area contributed by atoms with E-state index >= 15 is 0 Å². The molecule has 0 fully saturated rings. The first-order valence-corrected chi connectivity index (χ1v) is 6.07. The van der Waals surface area contributed by atoms with Gasteiger partial charge in [0, 0.05) is 14.1 Å². The molecule has 0 aliphatic rings. The van der Waals surface area contributed by atoms with Crippen molar-refractivity contribution in [2.45, 2.75) is 3.79 Å². The number of hydrazone groups is 1. The molecule has 104 valence electrons. The van der Waals surface area contributed by atoms with Gasteiger partial charge >= 0.3 is 0 Å². The van der Waals surface area contributed by atoms with E-state index in [0.717, 1.165) is 0 Å². The fourth-order valence-electron chi connectivity index (χ4n) is 0.952. The molecule has 6 nitrogen and oxygen atoms in total. The van der Waals surface area contributed by atoms with Crippen LogP contribution in [0, 0.1) is 0 Å². The maximum absolute atomic E-state index is 11.6. The quantitative estimate of drug-likeness (QED) is 0.522. The van der Waals surface area contributed by atoms with Crippen molar-refractivity contribution in [1.82, 2.24) is 10.3 Å². The Kier molecular flexibility index (Phi) is 5.22. The van der Waals surface area contributed by atoms with E-state index in [1.54, 1.807) is 19.1 Å². The lowest BCUT2D eigenvalue weighted by Crippen LogP contribution is -2.38. The zero-order valence-electron chi connectivity index (χ0n) is 9.99. The van der Waals surface area contributed by atoms with Crippen molar-refractivity contribution >= 4 is 52.8 Å². The van der Waals surface area contributed by atoms with Gasteiger partial charge in [-0.15, -0.1) is 0 Å². The van der Waals surface area contributed by atoms with Crippen LogP contribution in [0.4, 0.5) is 0 Å². The zero-order valence-corrected chi connectivity index (χ0v) is 12.3. The van der Waals surface area contributed by atoms with Crippen LogP contribution in [-0.2, 0) is 4.79 Å². The first-order chi connectivity index (χ1) is 8.70. The topological polar surface area (TPSA) is 74.9 Å². The molecular formula is C10H10Cl3N3O3. The molecule has 2 amide bonds. The molecule has 9 heteroatoms. The summed E-state index contributed by atoms with van der Waals surface area (Å²) in [6.45, 7) is 0. The van der Waals surface area contributed by atoms with Crippen LogP contribution in [0.25, 0.3) is 0 Å². The fraction of sp³-hybridized carbons (Fsp3) is 0.300. The third-order valence-corrected chi connectivity index (χ3v) is 2.27. The normalized spacial score (nSPS) is 11.6. The van der Waals surface area contributed by atoms with E-state index in [9.17, 15) is 9.59 Å². The van der Waals surface area contributed by atoms with Gasteiger partial charge in [0.2, 0.25) is 0 Å². The van der Waals surface area contributed by atoms with Crippen LogP contribution < -0.4 is 5.32 Å². The summed E-state index contributed by atoms with van der Waals surface area (Å²) in [5, 5.41) is 7.36. The molecule has 0 bridgehead atoms.